The quantitative estimate of drug-likeness (QED) is 0.632. The zero-order chi connectivity index (χ0) is 17.9. The lowest BCUT2D eigenvalue weighted by molar-refractivity contribution is 0.300. The van der Waals surface area contributed by atoms with Crippen molar-refractivity contribution in [2.45, 2.75) is 17.9 Å². The number of sulfone groups is 1. The Hall–Kier alpha value is -2.67. The largest absolute Gasteiger partial charge is 0.494 e. The lowest BCUT2D eigenvalue weighted by Crippen LogP contribution is -2.21. The van der Waals surface area contributed by atoms with Gasteiger partial charge < -0.3 is 4.74 Å². The molecule has 25 heavy (non-hydrogen) atoms. The summed E-state index contributed by atoms with van der Waals surface area (Å²) in [7, 11) is -3.20. The van der Waals surface area contributed by atoms with Crippen molar-refractivity contribution in [3.8, 4) is 5.75 Å². The molecule has 0 radical (unpaired) electrons. The Bertz CT molecular complexity index is 1040. The van der Waals surface area contributed by atoms with Gasteiger partial charge in [-0.2, -0.15) is 0 Å². The molecular formula is C18H18N2O4S. The Kier molecular flexibility index (Phi) is 4.85. The predicted octanol–water partition coefficient (Wildman–Crippen LogP) is 2.27. The lowest BCUT2D eigenvalue weighted by atomic mass is 10.2. The molecule has 0 bridgehead atoms. The first-order chi connectivity index (χ1) is 11.9. The lowest BCUT2D eigenvalue weighted by Gasteiger charge is -2.09. The molecule has 0 saturated carbocycles. The van der Waals surface area contributed by atoms with Crippen molar-refractivity contribution in [1.82, 2.24) is 9.55 Å². The summed E-state index contributed by atoms with van der Waals surface area (Å²) in [6, 6.07) is 13.5. The van der Waals surface area contributed by atoms with Gasteiger partial charge in [0.25, 0.3) is 5.56 Å². The van der Waals surface area contributed by atoms with Crippen LogP contribution in [-0.4, -0.2) is 30.8 Å². The number of hydrogen-bond donors (Lipinski definition) is 0. The van der Waals surface area contributed by atoms with Gasteiger partial charge in [0.15, 0.2) is 9.84 Å². The van der Waals surface area contributed by atoms with E-state index in [1.54, 1.807) is 29.1 Å². The maximum Gasteiger partial charge on any atom is 0.261 e. The molecule has 1 heterocycles. The van der Waals surface area contributed by atoms with E-state index in [1.165, 1.54) is 12.1 Å². The summed E-state index contributed by atoms with van der Waals surface area (Å²) >= 11 is 0. The maximum absolute atomic E-state index is 12.3. The molecule has 130 valence electrons. The summed E-state index contributed by atoms with van der Waals surface area (Å²) in [5.74, 6) is 0.594. The molecular weight excluding hydrogens is 340 g/mol. The Morgan fingerprint density at radius 1 is 1.08 bits per heavy atom. The van der Waals surface area contributed by atoms with Gasteiger partial charge in [-0.1, -0.05) is 12.1 Å². The van der Waals surface area contributed by atoms with E-state index in [0.717, 1.165) is 6.26 Å². The van der Waals surface area contributed by atoms with Gasteiger partial charge in [0.2, 0.25) is 0 Å². The minimum Gasteiger partial charge on any atom is -0.494 e. The average molecular weight is 358 g/mol. The van der Waals surface area contributed by atoms with Gasteiger partial charge in [0, 0.05) is 12.8 Å². The molecule has 0 amide bonds. The van der Waals surface area contributed by atoms with Crippen molar-refractivity contribution in [3.05, 3.63) is 65.2 Å². The summed E-state index contributed by atoms with van der Waals surface area (Å²) in [6.45, 7) is 0.912. The van der Waals surface area contributed by atoms with Crippen LogP contribution in [0.5, 0.6) is 5.75 Å². The van der Waals surface area contributed by atoms with E-state index in [-0.39, 0.29) is 10.5 Å². The van der Waals surface area contributed by atoms with Crippen LogP contribution < -0.4 is 10.3 Å². The fourth-order valence-electron chi connectivity index (χ4n) is 2.47. The standard InChI is InChI=1S/C18H18N2O4S/c1-25(22,23)15-9-7-14(8-10-15)24-12-4-11-20-13-19-17-6-3-2-5-16(17)18(20)21/h2-3,5-10,13H,4,11-12H2,1H3. The highest BCUT2D eigenvalue weighted by Crippen LogP contribution is 2.16. The summed E-state index contributed by atoms with van der Waals surface area (Å²) in [5.41, 5.74) is 0.620. The molecule has 3 rings (SSSR count). The van der Waals surface area contributed by atoms with Gasteiger partial charge in [0.1, 0.15) is 5.75 Å². The molecule has 7 heteroatoms. The number of nitrogens with zero attached hydrogens (tertiary/aromatic N) is 2. The molecule has 0 N–H and O–H groups in total. The van der Waals surface area contributed by atoms with E-state index in [0.29, 0.717) is 36.2 Å². The van der Waals surface area contributed by atoms with E-state index in [9.17, 15) is 13.2 Å². The molecule has 6 nitrogen and oxygen atoms in total. The van der Waals surface area contributed by atoms with Gasteiger partial charge in [-0.05, 0) is 42.8 Å². The van der Waals surface area contributed by atoms with E-state index in [2.05, 4.69) is 4.98 Å². The van der Waals surface area contributed by atoms with E-state index >= 15 is 0 Å². The molecule has 0 atom stereocenters. The van der Waals surface area contributed by atoms with Crippen LogP contribution in [0.15, 0.2) is 64.5 Å². The van der Waals surface area contributed by atoms with Crippen molar-refractivity contribution in [3.63, 3.8) is 0 Å². The molecule has 2 aromatic carbocycles. The highest BCUT2D eigenvalue weighted by molar-refractivity contribution is 7.90. The normalized spacial score (nSPS) is 11.6. The zero-order valence-electron chi connectivity index (χ0n) is 13.8. The number of para-hydroxylation sites is 1. The summed E-state index contributed by atoms with van der Waals surface area (Å²) in [6.07, 6.45) is 3.34. The molecule has 3 aromatic rings. The van der Waals surface area contributed by atoms with Crippen LogP contribution in [0.25, 0.3) is 10.9 Å². The van der Waals surface area contributed by atoms with Crippen molar-refractivity contribution < 1.29 is 13.2 Å². The van der Waals surface area contributed by atoms with Gasteiger partial charge in [0.05, 0.1) is 28.7 Å². The smallest absolute Gasteiger partial charge is 0.261 e. The van der Waals surface area contributed by atoms with E-state index < -0.39 is 9.84 Å². The fraction of sp³-hybridized carbons (Fsp3) is 0.222. The maximum atomic E-state index is 12.3. The Balaban J connectivity index is 1.59. The second kappa shape index (κ2) is 7.06. The second-order valence-electron chi connectivity index (χ2n) is 5.71. The van der Waals surface area contributed by atoms with Gasteiger partial charge >= 0.3 is 0 Å². The number of rotatable bonds is 6. The topological polar surface area (TPSA) is 78.3 Å². The minimum absolute atomic E-state index is 0.0666. The molecule has 0 aliphatic carbocycles. The van der Waals surface area contributed by atoms with Crippen molar-refractivity contribution in [1.29, 1.82) is 0 Å². The first-order valence-corrected chi connectivity index (χ1v) is 9.71. The SMILES string of the molecule is CS(=O)(=O)c1ccc(OCCCn2cnc3ccccc3c2=O)cc1. The van der Waals surface area contributed by atoms with Crippen LogP contribution in [0.4, 0.5) is 0 Å². The second-order valence-corrected chi connectivity index (χ2v) is 7.72. The number of benzene rings is 2. The van der Waals surface area contributed by atoms with Crippen molar-refractivity contribution in [2.24, 2.45) is 0 Å². The Labute approximate surface area is 145 Å². The minimum atomic E-state index is -3.20. The highest BCUT2D eigenvalue weighted by Gasteiger charge is 2.06. The van der Waals surface area contributed by atoms with E-state index in [1.807, 2.05) is 18.2 Å². The molecule has 1 aromatic heterocycles. The molecule has 0 spiro atoms. The molecule has 0 fully saturated rings. The predicted molar refractivity (Wildman–Crippen MR) is 95.7 cm³/mol. The van der Waals surface area contributed by atoms with Crippen molar-refractivity contribution in [2.75, 3.05) is 12.9 Å². The molecule has 0 unspecified atom stereocenters. The van der Waals surface area contributed by atoms with Gasteiger partial charge in [-0.15, -0.1) is 0 Å². The van der Waals surface area contributed by atoms with Crippen molar-refractivity contribution >= 4 is 20.7 Å². The van der Waals surface area contributed by atoms with Gasteiger partial charge in [-0.25, -0.2) is 13.4 Å². The first-order valence-electron chi connectivity index (χ1n) is 7.82. The third-order valence-corrected chi connectivity index (χ3v) is 4.92. The average Bonchev–Trinajstić information content (AvgIpc) is 2.60. The monoisotopic (exact) mass is 358 g/mol. The molecule has 0 aliphatic heterocycles. The van der Waals surface area contributed by atoms with Crippen LogP contribution in [0.2, 0.25) is 0 Å². The first kappa shape index (κ1) is 17.2. The summed E-state index contributed by atoms with van der Waals surface area (Å²) in [5, 5.41) is 0.599. The van der Waals surface area contributed by atoms with E-state index in [4.69, 9.17) is 4.74 Å². The number of fused-ring (bicyclic) bond motifs is 1. The van der Waals surface area contributed by atoms with Crippen LogP contribution in [0.3, 0.4) is 0 Å². The highest BCUT2D eigenvalue weighted by atomic mass is 32.2. The van der Waals surface area contributed by atoms with Gasteiger partial charge in [-0.3, -0.25) is 9.36 Å². The van der Waals surface area contributed by atoms with Crippen LogP contribution in [-0.2, 0) is 16.4 Å². The number of hydrogen-bond acceptors (Lipinski definition) is 5. The number of aryl methyl sites for hydroxylation is 1. The molecule has 0 saturated heterocycles. The summed E-state index contributed by atoms with van der Waals surface area (Å²) < 4.78 is 30.0. The third kappa shape index (κ3) is 4.06. The Morgan fingerprint density at radius 3 is 2.52 bits per heavy atom. The number of ether oxygens (including phenoxy) is 1. The zero-order valence-corrected chi connectivity index (χ0v) is 14.6. The van der Waals surface area contributed by atoms with Crippen LogP contribution >= 0.6 is 0 Å². The number of aromatic nitrogens is 2. The van der Waals surface area contributed by atoms with Crippen LogP contribution in [0.1, 0.15) is 6.42 Å². The molecule has 0 aliphatic rings. The third-order valence-electron chi connectivity index (χ3n) is 3.80. The van der Waals surface area contributed by atoms with Crippen LogP contribution in [0, 0.1) is 0 Å². The Morgan fingerprint density at radius 2 is 1.80 bits per heavy atom. The summed E-state index contributed by atoms with van der Waals surface area (Å²) in [4.78, 5) is 16.9. The fourth-order valence-corrected chi connectivity index (χ4v) is 3.10.